The molecule has 0 heterocycles. The maximum atomic E-state index is 10.6. The molecule has 0 spiro atoms. The van der Waals surface area contributed by atoms with Crippen molar-refractivity contribution in [1.82, 2.24) is 10.6 Å². The summed E-state index contributed by atoms with van der Waals surface area (Å²) in [5, 5.41) is 12.3. The van der Waals surface area contributed by atoms with Crippen molar-refractivity contribution >= 4 is 12.0 Å². The Hall–Kier alpha value is -1.30. The lowest BCUT2D eigenvalue weighted by molar-refractivity contribution is -0.121. The van der Waals surface area contributed by atoms with Crippen LogP contribution in [0.3, 0.4) is 0 Å². The van der Waals surface area contributed by atoms with Gasteiger partial charge in [0.15, 0.2) is 0 Å². The van der Waals surface area contributed by atoms with E-state index in [-0.39, 0.29) is 13.3 Å². The van der Waals surface area contributed by atoms with Crippen LogP contribution in [0.2, 0.25) is 0 Å². The molecule has 6 nitrogen and oxygen atoms in total. The molecule has 0 aliphatic carbocycles. The molecule has 3 N–H and O–H groups in total. The number of hydrogen-bond donors (Lipinski definition) is 3. The van der Waals surface area contributed by atoms with Crippen molar-refractivity contribution in [2.45, 2.75) is 0 Å². The summed E-state index contributed by atoms with van der Waals surface area (Å²) in [5.41, 5.74) is 0. The highest BCUT2D eigenvalue weighted by Gasteiger charge is 2.00. The van der Waals surface area contributed by atoms with Crippen molar-refractivity contribution in [1.29, 1.82) is 0 Å². The van der Waals surface area contributed by atoms with Gasteiger partial charge in [-0.2, -0.15) is 0 Å². The van der Waals surface area contributed by atoms with Crippen LogP contribution in [0, 0.1) is 0 Å². The number of carbonyl (C=O) groups is 2. The standard InChI is InChI=1S/C5H10N2O4/c1-11-3-7-4(8)2-6-5(9)10/h6H,2-3H2,1H3,(H,7,8)(H,9,10). The molecule has 0 bridgehead atoms. The average Bonchev–Trinajstić information content (AvgIpc) is 1.97. The van der Waals surface area contributed by atoms with E-state index in [0.29, 0.717) is 0 Å². The molecule has 0 aliphatic heterocycles. The molecular formula is C5H10N2O4. The van der Waals surface area contributed by atoms with Crippen molar-refractivity contribution in [2.75, 3.05) is 20.4 Å². The Bertz CT molecular complexity index is 147. The Morgan fingerprint density at radius 3 is 2.55 bits per heavy atom. The van der Waals surface area contributed by atoms with E-state index in [1.54, 1.807) is 0 Å². The van der Waals surface area contributed by atoms with Crippen LogP contribution in [0.4, 0.5) is 4.79 Å². The number of hydrogen-bond acceptors (Lipinski definition) is 3. The molecule has 6 heteroatoms. The predicted molar refractivity (Wildman–Crippen MR) is 36.0 cm³/mol. The molecule has 0 fully saturated rings. The number of nitrogens with one attached hydrogen (secondary N) is 2. The topological polar surface area (TPSA) is 87.7 Å². The van der Waals surface area contributed by atoms with E-state index in [2.05, 4.69) is 10.1 Å². The van der Waals surface area contributed by atoms with Crippen LogP contribution in [-0.4, -0.2) is 37.5 Å². The first-order valence-corrected chi connectivity index (χ1v) is 2.89. The molecule has 0 unspecified atom stereocenters. The highest BCUT2D eigenvalue weighted by molar-refractivity contribution is 5.81. The zero-order chi connectivity index (χ0) is 8.69. The van der Waals surface area contributed by atoms with Gasteiger partial charge in [0.05, 0.1) is 0 Å². The summed E-state index contributed by atoms with van der Waals surface area (Å²) in [6.45, 7) is -0.168. The molecule has 0 aliphatic rings. The first-order chi connectivity index (χ1) is 5.16. The van der Waals surface area contributed by atoms with Crippen LogP contribution in [0.15, 0.2) is 0 Å². The highest BCUT2D eigenvalue weighted by Crippen LogP contribution is 1.65. The van der Waals surface area contributed by atoms with Gasteiger partial charge in [0.1, 0.15) is 13.3 Å². The monoisotopic (exact) mass is 162 g/mol. The Morgan fingerprint density at radius 2 is 2.09 bits per heavy atom. The van der Waals surface area contributed by atoms with Gasteiger partial charge in [0, 0.05) is 7.11 Å². The largest absolute Gasteiger partial charge is 0.465 e. The van der Waals surface area contributed by atoms with E-state index < -0.39 is 12.0 Å². The van der Waals surface area contributed by atoms with Gasteiger partial charge in [-0.15, -0.1) is 0 Å². The predicted octanol–water partition coefficient (Wildman–Crippen LogP) is -1.03. The van der Waals surface area contributed by atoms with Crippen molar-refractivity contribution < 1.29 is 19.4 Å². The van der Waals surface area contributed by atoms with Gasteiger partial charge in [-0.25, -0.2) is 4.79 Å². The third kappa shape index (κ3) is 6.59. The summed E-state index contributed by atoms with van der Waals surface area (Å²) < 4.78 is 4.51. The number of amides is 2. The third-order valence-electron chi connectivity index (χ3n) is 0.814. The molecule has 0 rings (SSSR count). The molecule has 11 heavy (non-hydrogen) atoms. The van der Waals surface area contributed by atoms with Gasteiger partial charge in [-0.3, -0.25) is 4.79 Å². The molecule has 0 saturated carbocycles. The van der Waals surface area contributed by atoms with Crippen molar-refractivity contribution in [3.63, 3.8) is 0 Å². The fourth-order valence-corrected chi connectivity index (χ4v) is 0.371. The van der Waals surface area contributed by atoms with Gasteiger partial charge >= 0.3 is 6.09 Å². The minimum Gasteiger partial charge on any atom is -0.465 e. The van der Waals surface area contributed by atoms with E-state index in [1.807, 2.05) is 5.32 Å². The summed E-state index contributed by atoms with van der Waals surface area (Å²) >= 11 is 0. The van der Waals surface area contributed by atoms with Crippen LogP contribution in [0.25, 0.3) is 0 Å². The molecule has 64 valence electrons. The smallest absolute Gasteiger partial charge is 0.405 e. The van der Waals surface area contributed by atoms with E-state index in [9.17, 15) is 9.59 Å². The molecule has 0 aromatic carbocycles. The van der Waals surface area contributed by atoms with Crippen LogP contribution in [0.5, 0.6) is 0 Å². The minimum absolute atomic E-state index is 0.0835. The second kappa shape index (κ2) is 5.48. The Kier molecular flexibility index (Phi) is 4.83. The Balaban J connectivity index is 3.30. The molecule has 0 aromatic heterocycles. The van der Waals surface area contributed by atoms with Crippen molar-refractivity contribution in [3.05, 3.63) is 0 Å². The fourth-order valence-electron chi connectivity index (χ4n) is 0.371. The van der Waals surface area contributed by atoms with Crippen LogP contribution >= 0.6 is 0 Å². The number of ether oxygens (including phenoxy) is 1. The lowest BCUT2D eigenvalue weighted by Crippen LogP contribution is -2.36. The van der Waals surface area contributed by atoms with E-state index >= 15 is 0 Å². The SMILES string of the molecule is COCNC(=O)CNC(=O)O. The molecular weight excluding hydrogens is 152 g/mol. The first kappa shape index (κ1) is 9.70. The number of methoxy groups -OCH3 is 1. The second-order valence-electron chi connectivity index (χ2n) is 1.69. The molecule has 0 radical (unpaired) electrons. The molecule has 0 atom stereocenters. The van der Waals surface area contributed by atoms with E-state index in [0.717, 1.165) is 0 Å². The summed E-state index contributed by atoms with van der Waals surface area (Å²) in [7, 11) is 1.42. The lowest BCUT2D eigenvalue weighted by atomic mass is 10.6. The van der Waals surface area contributed by atoms with Crippen LogP contribution < -0.4 is 10.6 Å². The quantitative estimate of drug-likeness (QED) is 0.461. The van der Waals surface area contributed by atoms with Gasteiger partial charge < -0.3 is 20.5 Å². The summed E-state index contributed by atoms with van der Waals surface area (Å²) in [6.07, 6.45) is -1.22. The number of carbonyl (C=O) groups excluding carboxylic acids is 1. The Morgan fingerprint density at radius 1 is 1.45 bits per heavy atom. The normalized spacial score (nSPS) is 8.82. The number of carboxylic acid groups (broad SMARTS) is 1. The van der Waals surface area contributed by atoms with Gasteiger partial charge in [0.2, 0.25) is 5.91 Å². The molecule has 2 amide bonds. The van der Waals surface area contributed by atoms with Gasteiger partial charge in [0.25, 0.3) is 0 Å². The van der Waals surface area contributed by atoms with Gasteiger partial charge in [-0.1, -0.05) is 0 Å². The highest BCUT2D eigenvalue weighted by atomic mass is 16.5. The zero-order valence-electron chi connectivity index (χ0n) is 6.09. The van der Waals surface area contributed by atoms with Crippen molar-refractivity contribution in [2.24, 2.45) is 0 Å². The molecule has 0 saturated heterocycles. The van der Waals surface area contributed by atoms with Crippen LogP contribution in [-0.2, 0) is 9.53 Å². The fraction of sp³-hybridized carbons (Fsp3) is 0.600. The molecule has 0 aromatic rings. The second-order valence-corrected chi connectivity index (χ2v) is 1.69. The lowest BCUT2D eigenvalue weighted by Gasteiger charge is -2.02. The number of rotatable bonds is 4. The van der Waals surface area contributed by atoms with E-state index in [4.69, 9.17) is 5.11 Å². The minimum atomic E-state index is -1.22. The average molecular weight is 162 g/mol. The first-order valence-electron chi connectivity index (χ1n) is 2.89. The zero-order valence-corrected chi connectivity index (χ0v) is 6.09. The maximum absolute atomic E-state index is 10.6. The summed E-state index contributed by atoms with van der Waals surface area (Å²) in [6, 6.07) is 0. The van der Waals surface area contributed by atoms with Crippen molar-refractivity contribution in [3.8, 4) is 0 Å². The van der Waals surface area contributed by atoms with Crippen LogP contribution in [0.1, 0.15) is 0 Å². The van der Waals surface area contributed by atoms with E-state index in [1.165, 1.54) is 7.11 Å². The maximum Gasteiger partial charge on any atom is 0.405 e. The Labute approximate surface area is 63.5 Å². The summed E-state index contributed by atoms with van der Waals surface area (Å²) in [4.78, 5) is 20.4. The third-order valence-corrected chi connectivity index (χ3v) is 0.814. The van der Waals surface area contributed by atoms with Gasteiger partial charge in [-0.05, 0) is 0 Å². The summed E-state index contributed by atoms with van der Waals surface area (Å²) in [5.74, 6) is -0.422.